The third-order valence-corrected chi connectivity index (χ3v) is 2.00. The summed E-state index contributed by atoms with van der Waals surface area (Å²) in [6, 6.07) is 7.87. The molecule has 16 heavy (non-hydrogen) atoms. The lowest BCUT2D eigenvalue weighted by Gasteiger charge is -2.23. The fraction of sp³-hybridized carbons (Fsp3) is 0.308. The first-order valence-corrected chi connectivity index (χ1v) is 5.26. The van der Waals surface area contributed by atoms with Gasteiger partial charge >= 0.3 is 0 Å². The van der Waals surface area contributed by atoms with E-state index in [0.717, 1.165) is 11.4 Å². The van der Waals surface area contributed by atoms with Gasteiger partial charge in [0.25, 0.3) is 0 Å². The first-order chi connectivity index (χ1) is 7.56. The molecule has 0 aliphatic rings. The standard InChI is InChI=1S/C13H15N2O/c1-13(2,3)16-12-7-5-4-6-11(12)15-9-8-14-10-15/h4-9H,1-3H3. The molecule has 0 fully saturated rings. The molecule has 0 unspecified atom stereocenters. The van der Waals surface area contributed by atoms with Crippen LogP contribution in [0.25, 0.3) is 5.69 Å². The highest BCUT2D eigenvalue weighted by atomic mass is 16.5. The van der Waals surface area contributed by atoms with Gasteiger partial charge in [-0.1, -0.05) is 12.1 Å². The lowest BCUT2D eigenvalue weighted by Crippen LogP contribution is -2.23. The number of para-hydroxylation sites is 2. The van der Waals surface area contributed by atoms with Crippen LogP contribution in [0.2, 0.25) is 0 Å². The molecular weight excluding hydrogens is 200 g/mol. The second-order valence-electron chi connectivity index (χ2n) is 4.58. The van der Waals surface area contributed by atoms with Gasteiger partial charge in [-0.15, -0.1) is 0 Å². The number of imidazole rings is 1. The average Bonchev–Trinajstić information content (AvgIpc) is 2.69. The molecule has 1 heterocycles. The smallest absolute Gasteiger partial charge is 0.181 e. The average molecular weight is 215 g/mol. The molecule has 1 radical (unpaired) electrons. The van der Waals surface area contributed by atoms with Gasteiger partial charge in [0.05, 0.1) is 5.69 Å². The number of nitrogens with zero attached hydrogens (tertiary/aromatic N) is 2. The van der Waals surface area contributed by atoms with Crippen molar-refractivity contribution in [1.82, 2.24) is 9.55 Å². The maximum atomic E-state index is 5.89. The summed E-state index contributed by atoms with van der Waals surface area (Å²) in [5.41, 5.74) is 0.742. The van der Waals surface area contributed by atoms with Gasteiger partial charge in [0.1, 0.15) is 11.4 Å². The molecule has 0 aliphatic heterocycles. The van der Waals surface area contributed by atoms with E-state index in [1.807, 2.05) is 55.8 Å². The minimum absolute atomic E-state index is 0.212. The van der Waals surface area contributed by atoms with Crippen molar-refractivity contribution in [2.24, 2.45) is 0 Å². The lowest BCUT2D eigenvalue weighted by atomic mass is 10.2. The van der Waals surface area contributed by atoms with E-state index < -0.39 is 0 Å². The highest BCUT2D eigenvalue weighted by Gasteiger charge is 2.14. The molecule has 0 amide bonds. The van der Waals surface area contributed by atoms with Crippen molar-refractivity contribution in [3.05, 3.63) is 43.0 Å². The second-order valence-corrected chi connectivity index (χ2v) is 4.58. The van der Waals surface area contributed by atoms with Crippen LogP contribution in [0, 0.1) is 6.33 Å². The van der Waals surface area contributed by atoms with E-state index in [4.69, 9.17) is 4.74 Å². The Morgan fingerprint density at radius 1 is 1.25 bits per heavy atom. The summed E-state index contributed by atoms with van der Waals surface area (Å²) >= 11 is 0. The predicted molar refractivity (Wildman–Crippen MR) is 62.8 cm³/mol. The fourth-order valence-corrected chi connectivity index (χ4v) is 1.44. The molecule has 0 saturated carbocycles. The maximum absolute atomic E-state index is 5.89. The van der Waals surface area contributed by atoms with Crippen molar-refractivity contribution >= 4 is 0 Å². The molecule has 0 N–H and O–H groups in total. The van der Waals surface area contributed by atoms with Crippen molar-refractivity contribution in [3.8, 4) is 11.4 Å². The number of benzene rings is 1. The quantitative estimate of drug-likeness (QED) is 0.770. The summed E-state index contributed by atoms with van der Waals surface area (Å²) in [5, 5.41) is 0. The van der Waals surface area contributed by atoms with Gasteiger partial charge in [-0.2, -0.15) is 0 Å². The van der Waals surface area contributed by atoms with E-state index in [1.165, 1.54) is 0 Å². The first-order valence-electron chi connectivity index (χ1n) is 5.26. The SMILES string of the molecule is CC(C)(C)Oc1ccccc1-n1[c]ncc1. The predicted octanol–water partition coefficient (Wildman–Crippen LogP) is 2.85. The number of hydrogen-bond donors (Lipinski definition) is 0. The Labute approximate surface area is 95.7 Å². The van der Waals surface area contributed by atoms with E-state index >= 15 is 0 Å². The van der Waals surface area contributed by atoms with Crippen LogP contribution in [0.15, 0.2) is 36.7 Å². The molecule has 1 aromatic carbocycles. The molecule has 83 valence electrons. The number of aromatic nitrogens is 2. The van der Waals surface area contributed by atoms with Crippen LogP contribution in [0.5, 0.6) is 5.75 Å². The van der Waals surface area contributed by atoms with Gasteiger partial charge in [0.15, 0.2) is 6.33 Å². The summed E-state index contributed by atoms with van der Waals surface area (Å²) in [6.07, 6.45) is 6.42. The summed E-state index contributed by atoms with van der Waals surface area (Å²) in [4.78, 5) is 3.92. The third kappa shape index (κ3) is 2.42. The molecule has 2 rings (SSSR count). The Bertz CT molecular complexity index is 455. The van der Waals surface area contributed by atoms with Crippen LogP contribution in [0.4, 0.5) is 0 Å². The zero-order chi connectivity index (χ0) is 11.6. The zero-order valence-corrected chi connectivity index (χ0v) is 9.77. The van der Waals surface area contributed by atoms with Crippen LogP contribution < -0.4 is 4.74 Å². The molecule has 0 saturated heterocycles. The topological polar surface area (TPSA) is 27.1 Å². The van der Waals surface area contributed by atoms with Gasteiger partial charge in [-0.05, 0) is 32.9 Å². The van der Waals surface area contributed by atoms with E-state index in [-0.39, 0.29) is 5.60 Å². The minimum Gasteiger partial charge on any atom is -0.486 e. The fourth-order valence-electron chi connectivity index (χ4n) is 1.44. The van der Waals surface area contributed by atoms with Crippen LogP contribution >= 0.6 is 0 Å². The minimum atomic E-state index is -0.212. The summed E-state index contributed by atoms with van der Waals surface area (Å²) in [6.45, 7) is 6.09. The van der Waals surface area contributed by atoms with E-state index in [2.05, 4.69) is 11.3 Å². The summed E-state index contributed by atoms with van der Waals surface area (Å²) < 4.78 is 7.71. The van der Waals surface area contributed by atoms with Crippen LogP contribution in [0.1, 0.15) is 20.8 Å². The Morgan fingerprint density at radius 3 is 2.62 bits per heavy atom. The van der Waals surface area contributed by atoms with Crippen molar-refractivity contribution in [3.63, 3.8) is 0 Å². The van der Waals surface area contributed by atoms with Gasteiger partial charge in [0.2, 0.25) is 0 Å². The molecule has 3 nitrogen and oxygen atoms in total. The normalized spacial score (nSPS) is 11.4. The summed E-state index contributed by atoms with van der Waals surface area (Å²) in [7, 11) is 0. The van der Waals surface area contributed by atoms with Gasteiger partial charge < -0.3 is 4.74 Å². The monoisotopic (exact) mass is 215 g/mol. The Morgan fingerprint density at radius 2 is 2.00 bits per heavy atom. The molecule has 3 heteroatoms. The molecule has 0 spiro atoms. The van der Waals surface area contributed by atoms with Crippen LogP contribution in [0.3, 0.4) is 0 Å². The van der Waals surface area contributed by atoms with Crippen molar-refractivity contribution in [2.75, 3.05) is 0 Å². The van der Waals surface area contributed by atoms with Gasteiger partial charge in [-0.25, -0.2) is 4.98 Å². The Balaban J connectivity index is 2.39. The van der Waals surface area contributed by atoms with Crippen molar-refractivity contribution in [1.29, 1.82) is 0 Å². The Kier molecular flexibility index (Phi) is 2.69. The van der Waals surface area contributed by atoms with Crippen molar-refractivity contribution in [2.45, 2.75) is 26.4 Å². The van der Waals surface area contributed by atoms with Gasteiger partial charge in [0, 0.05) is 12.4 Å². The third-order valence-electron chi connectivity index (χ3n) is 2.00. The van der Waals surface area contributed by atoms with E-state index in [9.17, 15) is 0 Å². The Hall–Kier alpha value is -1.77. The zero-order valence-electron chi connectivity index (χ0n) is 9.77. The van der Waals surface area contributed by atoms with Crippen LogP contribution in [-0.2, 0) is 0 Å². The highest BCUT2D eigenvalue weighted by Crippen LogP contribution is 2.25. The molecule has 1 aromatic heterocycles. The largest absolute Gasteiger partial charge is 0.486 e. The molecule has 0 bridgehead atoms. The number of hydrogen-bond acceptors (Lipinski definition) is 2. The molecule has 2 aromatic rings. The van der Waals surface area contributed by atoms with E-state index in [1.54, 1.807) is 6.20 Å². The number of ether oxygens (including phenoxy) is 1. The highest BCUT2D eigenvalue weighted by molar-refractivity contribution is 5.46. The van der Waals surface area contributed by atoms with Crippen LogP contribution in [-0.4, -0.2) is 15.2 Å². The maximum Gasteiger partial charge on any atom is 0.181 e. The molecular formula is C13H15N2O. The molecule has 0 atom stereocenters. The first kappa shape index (κ1) is 10.7. The second kappa shape index (κ2) is 4.00. The summed E-state index contributed by atoms with van der Waals surface area (Å²) in [5.74, 6) is 0.837. The van der Waals surface area contributed by atoms with Gasteiger partial charge in [-0.3, -0.25) is 4.57 Å². The number of rotatable bonds is 2. The molecule has 0 aliphatic carbocycles. The van der Waals surface area contributed by atoms with Crippen molar-refractivity contribution < 1.29 is 4.74 Å². The van der Waals surface area contributed by atoms with E-state index in [0.29, 0.717) is 0 Å². The lowest BCUT2D eigenvalue weighted by molar-refractivity contribution is 0.130.